The highest BCUT2D eigenvalue weighted by molar-refractivity contribution is 14.1. The summed E-state index contributed by atoms with van der Waals surface area (Å²) in [6, 6.07) is 8.48. The molecule has 0 saturated carbocycles. The molecule has 0 aliphatic rings. The Bertz CT molecular complexity index is 410. The SMILES string of the molecule is ICCSCc1c[nH]c2ccccc12. The number of para-hydroxylation sites is 1. The summed E-state index contributed by atoms with van der Waals surface area (Å²) in [6.07, 6.45) is 2.13. The fraction of sp³-hybridized carbons (Fsp3) is 0.273. The molecule has 1 N–H and O–H groups in total. The number of hydrogen-bond acceptors (Lipinski definition) is 1. The number of thioether (sulfide) groups is 1. The van der Waals surface area contributed by atoms with Crippen LogP contribution >= 0.6 is 34.4 Å². The maximum absolute atomic E-state index is 3.30. The van der Waals surface area contributed by atoms with Crippen LogP contribution in [0.2, 0.25) is 0 Å². The summed E-state index contributed by atoms with van der Waals surface area (Å²) in [5.41, 5.74) is 2.67. The van der Waals surface area contributed by atoms with E-state index in [4.69, 9.17) is 0 Å². The van der Waals surface area contributed by atoms with Gasteiger partial charge in [0.2, 0.25) is 0 Å². The van der Waals surface area contributed by atoms with Gasteiger partial charge in [-0.1, -0.05) is 40.8 Å². The Morgan fingerprint density at radius 2 is 2.14 bits per heavy atom. The van der Waals surface area contributed by atoms with E-state index in [1.807, 2.05) is 11.8 Å². The van der Waals surface area contributed by atoms with Crippen LogP contribution < -0.4 is 0 Å². The van der Waals surface area contributed by atoms with Gasteiger partial charge in [-0.15, -0.1) is 0 Å². The molecule has 0 saturated heterocycles. The number of aromatic amines is 1. The number of benzene rings is 1. The molecule has 0 unspecified atom stereocenters. The van der Waals surface area contributed by atoms with Crippen molar-refractivity contribution in [1.29, 1.82) is 0 Å². The van der Waals surface area contributed by atoms with Crippen molar-refractivity contribution in [3.05, 3.63) is 36.0 Å². The quantitative estimate of drug-likeness (QED) is 0.515. The molecule has 2 rings (SSSR count). The van der Waals surface area contributed by atoms with Gasteiger partial charge in [0.05, 0.1) is 0 Å². The predicted molar refractivity (Wildman–Crippen MR) is 73.3 cm³/mol. The van der Waals surface area contributed by atoms with Crippen molar-refractivity contribution in [2.24, 2.45) is 0 Å². The van der Waals surface area contributed by atoms with Crippen LogP contribution in [-0.4, -0.2) is 15.2 Å². The Morgan fingerprint density at radius 1 is 1.29 bits per heavy atom. The van der Waals surface area contributed by atoms with Crippen LogP contribution in [0.15, 0.2) is 30.5 Å². The summed E-state index contributed by atoms with van der Waals surface area (Å²) in [5.74, 6) is 2.35. The molecule has 0 aliphatic carbocycles. The van der Waals surface area contributed by atoms with Gasteiger partial charge in [-0.25, -0.2) is 0 Å². The Labute approximate surface area is 102 Å². The van der Waals surface area contributed by atoms with Crippen molar-refractivity contribution in [2.45, 2.75) is 5.75 Å². The molecule has 0 spiro atoms. The first-order valence-electron chi connectivity index (χ1n) is 4.60. The van der Waals surface area contributed by atoms with Crippen molar-refractivity contribution >= 4 is 45.3 Å². The number of rotatable bonds is 4. The second-order valence-corrected chi connectivity index (χ2v) is 5.28. The predicted octanol–water partition coefficient (Wildman–Crippen LogP) is 3.84. The van der Waals surface area contributed by atoms with Gasteiger partial charge in [0.15, 0.2) is 0 Å². The zero-order valence-electron chi connectivity index (χ0n) is 7.79. The van der Waals surface area contributed by atoms with Crippen LogP contribution in [0.4, 0.5) is 0 Å². The molecule has 0 bridgehead atoms. The van der Waals surface area contributed by atoms with Crippen molar-refractivity contribution in [2.75, 3.05) is 10.2 Å². The van der Waals surface area contributed by atoms with Crippen LogP contribution in [-0.2, 0) is 5.75 Å². The van der Waals surface area contributed by atoms with Crippen LogP contribution in [0.5, 0.6) is 0 Å². The fourth-order valence-corrected chi connectivity index (χ4v) is 3.13. The van der Waals surface area contributed by atoms with Crippen LogP contribution in [0.1, 0.15) is 5.56 Å². The van der Waals surface area contributed by atoms with E-state index in [9.17, 15) is 0 Å². The average molecular weight is 317 g/mol. The first-order chi connectivity index (χ1) is 6.92. The molecule has 1 aromatic carbocycles. The molecule has 0 amide bonds. The molecule has 1 aromatic heterocycles. The van der Waals surface area contributed by atoms with Gasteiger partial charge in [0, 0.05) is 33.0 Å². The Kier molecular flexibility index (Phi) is 3.75. The number of aromatic nitrogens is 1. The molecule has 0 radical (unpaired) electrons. The molecule has 14 heavy (non-hydrogen) atoms. The molecule has 74 valence electrons. The first-order valence-corrected chi connectivity index (χ1v) is 7.28. The number of halogens is 1. The zero-order chi connectivity index (χ0) is 9.80. The third kappa shape index (κ3) is 2.25. The topological polar surface area (TPSA) is 15.8 Å². The van der Waals surface area contributed by atoms with Crippen molar-refractivity contribution in [3.8, 4) is 0 Å². The minimum absolute atomic E-state index is 1.12. The number of hydrogen-bond donors (Lipinski definition) is 1. The lowest BCUT2D eigenvalue weighted by atomic mass is 10.2. The minimum atomic E-state index is 1.12. The standard InChI is InChI=1S/C11H12INS/c12-5-6-14-8-9-7-13-11-4-2-1-3-10(9)11/h1-4,7,13H,5-6,8H2. The molecule has 1 heterocycles. The number of nitrogens with one attached hydrogen (secondary N) is 1. The summed E-state index contributed by atoms with van der Waals surface area (Å²) < 4.78 is 1.23. The lowest BCUT2D eigenvalue weighted by molar-refractivity contribution is 1.39. The number of fused-ring (bicyclic) bond motifs is 1. The molecule has 0 aliphatic heterocycles. The molecule has 1 nitrogen and oxygen atoms in total. The Morgan fingerprint density at radius 3 is 3.00 bits per heavy atom. The highest BCUT2D eigenvalue weighted by Gasteiger charge is 2.01. The molecule has 2 aromatic rings. The largest absolute Gasteiger partial charge is 0.361 e. The summed E-state index contributed by atoms with van der Waals surface area (Å²) in [7, 11) is 0. The van der Waals surface area contributed by atoms with E-state index < -0.39 is 0 Å². The van der Waals surface area contributed by atoms with Crippen LogP contribution in [0.25, 0.3) is 10.9 Å². The third-order valence-corrected chi connectivity index (χ3v) is 4.43. The number of H-pyrrole nitrogens is 1. The van der Waals surface area contributed by atoms with Gasteiger partial charge in [0.25, 0.3) is 0 Å². The van der Waals surface area contributed by atoms with Gasteiger partial charge < -0.3 is 4.98 Å². The van der Waals surface area contributed by atoms with E-state index in [1.165, 1.54) is 26.6 Å². The highest BCUT2D eigenvalue weighted by atomic mass is 127. The van der Waals surface area contributed by atoms with E-state index in [0.29, 0.717) is 0 Å². The van der Waals surface area contributed by atoms with Crippen molar-refractivity contribution in [1.82, 2.24) is 4.98 Å². The van der Waals surface area contributed by atoms with Crippen molar-refractivity contribution < 1.29 is 0 Å². The molecular weight excluding hydrogens is 305 g/mol. The Balaban J connectivity index is 2.17. The van der Waals surface area contributed by atoms with Gasteiger partial charge in [-0.3, -0.25) is 0 Å². The lowest BCUT2D eigenvalue weighted by Gasteiger charge is -1.97. The summed E-state index contributed by atoms with van der Waals surface area (Å²) in [6.45, 7) is 0. The third-order valence-electron chi connectivity index (χ3n) is 2.15. The lowest BCUT2D eigenvalue weighted by Crippen LogP contribution is -1.81. The van der Waals surface area contributed by atoms with Crippen molar-refractivity contribution in [3.63, 3.8) is 0 Å². The summed E-state index contributed by atoms with van der Waals surface area (Å²) in [4.78, 5) is 3.30. The van der Waals surface area contributed by atoms with E-state index in [-0.39, 0.29) is 0 Å². The maximum atomic E-state index is 3.30. The zero-order valence-corrected chi connectivity index (χ0v) is 10.8. The normalized spacial score (nSPS) is 10.9. The Hall–Kier alpha value is -0.160. The van der Waals surface area contributed by atoms with E-state index in [1.54, 1.807) is 0 Å². The maximum Gasteiger partial charge on any atom is 0.0457 e. The minimum Gasteiger partial charge on any atom is -0.361 e. The van der Waals surface area contributed by atoms with Crippen LogP contribution in [0, 0.1) is 0 Å². The second kappa shape index (κ2) is 5.07. The molecular formula is C11H12INS. The average Bonchev–Trinajstić information content (AvgIpc) is 2.63. The van der Waals surface area contributed by atoms with Crippen LogP contribution in [0.3, 0.4) is 0 Å². The molecule has 0 fully saturated rings. The van der Waals surface area contributed by atoms with Gasteiger partial charge in [-0.2, -0.15) is 11.8 Å². The van der Waals surface area contributed by atoms with E-state index >= 15 is 0 Å². The fourth-order valence-electron chi connectivity index (χ4n) is 1.49. The molecule has 3 heteroatoms. The smallest absolute Gasteiger partial charge is 0.0457 e. The monoisotopic (exact) mass is 317 g/mol. The number of alkyl halides is 1. The van der Waals surface area contributed by atoms with E-state index in [2.05, 4.69) is 58.0 Å². The van der Waals surface area contributed by atoms with E-state index in [0.717, 1.165) is 5.75 Å². The first kappa shape index (κ1) is 10.4. The second-order valence-electron chi connectivity index (χ2n) is 3.10. The molecule has 0 atom stereocenters. The summed E-state index contributed by atoms with van der Waals surface area (Å²) >= 11 is 4.42. The van der Waals surface area contributed by atoms with Gasteiger partial charge in [-0.05, 0) is 11.6 Å². The van der Waals surface area contributed by atoms with Gasteiger partial charge in [0.1, 0.15) is 0 Å². The highest BCUT2D eigenvalue weighted by Crippen LogP contribution is 2.22. The summed E-state index contributed by atoms with van der Waals surface area (Å²) in [5, 5.41) is 1.37. The van der Waals surface area contributed by atoms with Gasteiger partial charge >= 0.3 is 0 Å².